The van der Waals surface area contributed by atoms with Gasteiger partial charge in [0.25, 0.3) is 11.5 Å². The number of aromatic nitrogens is 4. The number of hydrogen-bond acceptors (Lipinski definition) is 5. The highest BCUT2D eigenvalue weighted by Gasteiger charge is 2.08. The van der Waals surface area contributed by atoms with Gasteiger partial charge in [-0.1, -0.05) is 6.55 Å². The van der Waals surface area contributed by atoms with Crippen LogP contribution in [0.15, 0.2) is 15.9 Å². The van der Waals surface area contributed by atoms with Crippen LogP contribution in [0.1, 0.15) is 6.92 Å². The topological polar surface area (TPSA) is 130 Å². The molecule has 0 unspecified atom stereocenters. The molecule has 2 aromatic heterocycles. The third-order valence-corrected chi connectivity index (χ3v) is 2.03. The largest absolute Gasteiger partial charge is 0.481 e. The molecule has 0 saturated heterocycles. The lowest BCUT2D eigenvalue weighted by Crippen LogP contribution is -2.36. The number of fused-ring (bicyclic) bond motifs is 1. The summed E-state index contributed by atoms with van der Waals surface area (Å²) in [4.78, 5) is 46.1. The summed E-state index contributed by atoms with van der Waals surface area (Å²) in [6, 6.07) is 0. The molecule has 0 aliphatic rings. The molecule has 20 heavy (non-hydrogen) atoms. The summed E-state index contributed by atoms with van der Waals surface area (Å²) in [5.41, 5.74) is 0.0119. The van der Waals surface area contributed by atoms with Crippen molar-refractivity contribution < 1.29 is 14.7 Å². The van der Waals surface area contributed by atoms with Crippen molar-refractivity contribution in [3.8, 4) is 0 Å². The molecular weight excluding hydrogens is 284 g/mol. The molecule has 0 atom stereocenters. The molecule has 9 nitrogen and oxygen atoms in total. The molecule has 2 rings (SSSR count). The molecule has 2 heterocycles. The van der Waals surface area contributed by atoms with Crippen LogP contribution in [0, 0.1) is 0 Å². The Balaban J connectivity index is 0.000000438. The Morgan fingerprint density at radius 3 is 2.25 bits per heavy atom. The van der Waals surface area contributed by atoms with Crippen LogP contribution in [-0.4, -0.2) is 44.7 Å². The molecular formula is C10H18N4O5Si. The third-order valence-electron chi connectivity index (χ3n) is 2.03. The monoisotopic (exact) mass is 302 g/mol. The summed E-state index contributed by atoms with van der Waals surface area (Å²) in [5.74, 6) is -0.833. The van der Waals surface area contributed by atoms with Gasteiger partial charge in [-0.2, -0.15) is 0 Å². The molecule has 0 fully saturated rings. The maximum Gasteiger partial charge on any atom is 0.332 e. The summed E-state index contributed by atoms with van der Waals surface area (Å²) < 4.78 is 2.37. The average molecular weight is 302 g/mol. The lowest BCUT2D eigenvalue weighted by Gasteiger charge is -2.00. The number of aryl methyl sites for hydroxylation is 1. The summed E-state index contributed by atoms with van der Waals surface area (Å²) in [5, 5.41) is 7.42. The second-order valence-corrected chi connectivity index (χ2v) is 4.27. The Bertz CT molecular complexity index is 683. The second-order valence-electron chi connectivity index (χ2n) is 3.64. The molecule has 2 aromatic rings. The Labute approximate surface area is 116 Å². The van der Waals surface area contributed by atoms with E-state index in [1.54, 1.807) is 7.05 Å². The fourth-order valence-electron chi connectivity index (χ4n) is 1.27. The van der Waals surface area contributed by atoms with Gasteiger partial charge in [0.15, 0.2) is 15.4 Å². The molecule has 10 heteroatoms. The summed E-state index contributed by atoms with van der Waals surface area (Å²) >= 11 is 0. The Hall–Kier alpha value is -2.20. The van der Waals surface area contributed by atoms with E-state index < -0.39 is 15.7 Å². The maximum absolute atomic E-state index is 11.4. The number of nitrogens with one attached hydrogen (secondary N) is 1. The number of carboxylic acids is 1. The van der Waals surface area contributed by atoms with E-state index >= 15 is 0 Å². The highest BCUT2D eigenvalue weighted by molar-refractivity contribution is 6.22. The number of nitrogens with zero attached hydrogens (tertiary/aromatic N) is 3. The first-order valence-electron chi connectivity index (χ1n) is 5.67. The highest BCUT2D eigenvalue weighted by Crippen LogP contribution is 1.97. The minimum atomic E-state index is -0.833. The minimum Gasteiger partial charge on any atom is -0.481 e. The molecule has 0 aliphatic carbocycles. The molecule has 0 saturated carbocycles. The van der Waals surface area contributed by atoms with Crippen molar-refractivity contribution >= 4 is 26.9 Å². The number of H-pyrrole nitrogens is 1. The number of imidazole rings is 1. The fraction of sp³-hybridized carbons (Fsp3) is 0.400. The first-order valence-corrected chi connectivity index (χ1v) is 7.72. The van der Waals surface area contributed by atoms with Gasteiger partial charge in [0.05, 0.1) is 6.33 Å². The van der Waals surface area contributed by atoms with Gasteiger partial charge in [-0.25, -0.2) is 9.78 Å². The molecule has 0 aromatic carbocycles. The normalized spacial score (nSPS) is 9.85. The van der Waals surface area contributed by atoms with E-state index in [-0.39, 0.29) is 11.2 Å². The van der Waals surface area contributed by atoms with Crippen molar-refractivity contribution in [2.75, 3.05) is 0 Å². The maximum atomic E-state index is 11.4. The zero-order valence-electron chi connectivity index (χ0n) is 11.7. The van der Waals surface area contributed by atoms with Crippen molar-refractivity contribution in [3.05, 3.63) is 27.2 Å². The Morgan fingerprint density at radius 1 is 1.35 bits per heavy atom. The molecule has 0 spiro atoms. The Morgan fingerprint density at radius 2 is 1.80 bits per heavy atom. The number of rotatable bonds is 0. The number of carbonyl (C=O) groups is 1. The van der Waals surface area contributed by atoms with E-state index in [0.29, 0.717) is 11.2 Å². The van der Waals surface area contributed by atoms with Crippen molar-refractivity contribution in [1.29, 1.82) is 0 Å². The van der Waals surface area contributed by atoms with Crippen molar-refractivity contribution in [1.82, 2.24) is 19.1 Å². The zero-order valence-corrected chi connectivity index (χ0v) is 13.2. The standard InChI is InChI=1S/C7H8N4O2.C2H4O2.CH6OSi/c1-10-5-4(8-3-9-5)6(12)11(2)7(10)13;1-2(3)4;1-3-2/h3H,1-2H3,(H,8,9);1H3,(H,3,4);2H,3H2,1H3. The molecule has 3 N–H and O–H groups in total. The lowest BCUT2D eigenvalue weighted by molar-refractivity contribution is -0.134. The quantitative estimate of drug-likeness (QED) is 0.490. The summed E-state index contributed by atoms with van der Waals surface area (Å²) in [6.07, 6.45) is 1.39. The fourth-order valence-corrected chi connectivity index (χ4v) is 1.27. The van der Waals surface area contributed by atoms with E-state index in [1.165, 1.54) is 17.9 Å². The smallest absolute Gasteiger partial charge is 0.332 e. The van der Waals surface area contributed by atoms with Crippen LogP contribution in [0.2, 0.25) is 6.55 Å². The van der Waals surface area contributed by atoms with Crippen LogP contribution < -0.4 is 11.2 Å². The van der Waals surface area contributed by atoms with Crippen molar-refractivity contribution in [2.45, 2.75) is 13.5 Å². The lowest BCUT2D eigenvalue weighted by atomic mass is 10.5. The predicted molar refractivity (Wildman–Crippen MR) is 76.5 cm³/mol. The van der Waals surface area contributed by atoms with E-state index in [1.807, 2.05) is 6.55 Å². The average Bonchev–Trinajstić information content (AvgIpc) is 2.83. The number of hydrogen-bond donors (Lipinski definition) is 3. The Kier molecular flexibility index (Phi) is 7.18. The third kappa shape index (κ3) is 4.48. The predicted octanol–water partition coefficient (Wildman–Crippen LogP) is -1.84. The van der Waals surface area contributed by atoms with Crippen LogP contribution in [0.25, 0.3) is 11.2 Å². The van der Waals surface area contributed by atoms with E-state index in [4.69, 9.17) is 14.7 Å². The van der Waals surface area contributed by atoms with E-state index in [2.05, 4.69) is 9.97 Å². The summed E-state index contributed by atoms with van der Waals surface area (Å²) in [7, 11) is 2.43. The highest BCUT2D eigenvalue weighted by atomic mass is 28.2. The van der Waals surface area contributed by atoms with Crippen LogP contribution in [0.4, 0.5) is 0 Å². The molecule has 112 valence electrons. The SMILES string of the molecule is CC(=O)O.C[SiH2]O.Cn1c(=O)c2[nH]cnc2n(C)c1=O. The van der Waals surface area contributed by atoms with Gasteiger partial charge in [0.1, 0.15) is 5.52 Å². The van der Waals surface area contributed by atoms with E-state index in [0.717, 1.165) is 11.5 Å². The molecule has 0 aliphatic heterocycles. The van der Waals surface area contributed by atoms with Crippen LogP contribution in [-0.2, 0) is 18.9 Å². The van der Waals surface area contributed by atoms with Gasteiger partial charge in [-0.15, -0.1) is 0 Å². The van der Waals surface area contributed by atoms with Gasteiger partial charge in [-0.05, 0) is 0 Å². The van der Waals surface area contributed by atoms with Gasteiger partial charge in [0, 0.05) is 21.0 Å². The van der Waals surface area contributed by atoms with Gasteiger partial charge in [-0.3, -0.25) is 18.7 Å². The first kappa shape index (κ1) is 17.8. The molecule has 0 bridgehead atoms. The van der Waals surface area contributed by atoms with Gasteiger partial charge in [0.2, 0.25) is 0 Å². The van der Waals surface area contributed by atoms with Crippen molar-refractivity contribution in [3.63, 3.8) is 0 Å². The van der Waals surface area contributed by atoms with Gasteiger partial charge >= 0.3 is 5.69 Å². The number of carboxylic acid groups (broad SMARTS) is 1. The zero-order chi connectivity index (χ0) is 15.9. The second kappa shape index (κ2) is 8.07. The van der Waals surface area contributed by atoms with Crippen molar-refractivity contribution in [2.24, 2.45) is 14.1 Å². The van der Waals surface area contributed by atoms with Crippen LogP contribution in [0.5, 0.6) is 0 Å². The molecule has 0 radical (unpaired) electrons. The number of aliphatic carboxylic acids is 1. The minimum absolute atomic E-state index is 0.351. The number of aromatic amines is 1. The van der Waals surface area contributed by atoms with Gasteiger partial charge < -0.3 is 14.9 Å². The molecule has 0 amide bonds. The first-order chi connectivity index (χ1) is 9.27. The van der Waals surface area contributed by atoms with Crippen LogP contribution in [0.3, 0.4) is 0 Å². The summed E-state index contributed by atoms with van der Waals surface area (Å²) in [6.45, 7) is 2.90. The van der Waals surface area contributed by atoms with E-state index in [9.17, 15) is 9.59 Å². The van der Waals surface area contributed by atoms with Crippen LogP contribution >= 0.6 is 0 Å².